The zero-order valence-electron chi connectivity index (χ0n) is 8.96. The van der Waals surface area contributed by atoms with Crippen LogP contribution in [0.1, 0.15) is 19.5 Å². The van der Waals surface area contributed by atoms with Crippen LogP contribution in [0.15, 0.2) is 24.4 Å². The summed E-state index contributed by atoms with van der Waals surface area (Å²) in [6.07, 6.45) is 1.83. The first-order valence-electron chi connectivity index (χ1n) is 4.99. The van der Waals surface area contributed by atoms with Crippen LogP contribution in [0.4, 0.5) is 0 Å². The topological polar surface area (TPSA) is 50.9 Å². The summed E-state index contributed by atoms with van der Waals surface area (Å²) in [6.45, 7) is 6.80. The number of aromatic nitrogens is 1. The summed E-state index contributed by atoms with van der Waals surface area (Å²) in [6, 6.07) is 6.02. The second kappa shape index (κ2) is 5.08. The number of nitrogens with zero attached hydrogens (tertiary/aromatic N) is 1. The molecule has 0 spiro atoms. The van der Waals surface area contributed by atoms with Gasteiger partial charge in [0.1, 0.15) is 0 Å². The van der Waals surface area contributed by atoms with Crippen LogP contribution in [0.2, 0.25) is 0 Å². The molecule has 78 valence electrons. The minimum atomic E-state index is 0.0659. The lowest BCUT2D eigenvalue weighted by Crippen LogP contribution is -2.36. The first kappa shape index (κ1) is 11.1. The van der Waals surface area contributed by atoms with E-state index in [9.17, 15) is 0 Å². The molecule has 0 atom stereocenters. The summed E-state index contributed by atoms with van der Waals surface area (Å²) in [7, 11) is 0. The number of hydrogen-bond acceptors (Lipinski definition) is 3. The highest BCUT2D eigenvalue weighted by Gasteiger charge is 2.20. The Balaban J connectivity index is 2.56. The third-order valence-electron chi connectivity index (χ3n) is 2.25. The monoisotopic (exact) mass is 193 g/mol. The van der Waals surface area contributed by atoms with E-state index in [-0.39, 0.29) is 5.41 Å². The lowest BCUT2D eigenvalue weighted by Gasteiger charge is -2.24. The summed E-state index contributed by atoms with van der Waals surface area (Å²) in [5.41, 5.74) is 6.60. The molecule has 1 heterocycles. The Hall–Kier alpha value is -0.930. The molecule has 0 aromatic carbocycles. The predicted molar refractivity (Wildman–Crippen MR) is 59.2 cm³/mol. The fourth-order valence-corrected chi connectivity index (χ4v) is 1.36. The minimum absolute atomic E-state index is 0.0659. The largest absolute Gasteiger partial charge is 0.329 e. The van der Waals surface area contributed by atoms with Crippen molar-refractivity contribution in [3.05, 3.63) is 30.1 Å². The van der Waals surface area contributed by atoms with Gasteiger partial charge in [-0.25, -0.2) is 0 Å². The maximum absolute atomic E-state index is 5.42. The van der Waals surface area contributed by atoms with Gasteiger partial charge in [0, 0.05) is 36.9 Å². The Labute approximate surface area is 85.7 Å². The van der Waals surface area contributed by atoms with Crippen LogP contribution in [0.5, 0.6) is 0 Å². The van der Waals surface area contributed by atoms with Gasteiger partial charge >= 0.3 is 0 Å². The number of rotatable bonds is 5. The van der Waals surface area contributed by atoms with Crippen molar-refractivity contribution in [1.82, 2.24) is 10.3 Å². The number of nitrogens with one attached hydrogen (secondary N) is 1. The molecule has 0 unspecified atom stereocenters. The Morgan fingerprint density at radius 1 is 1.43 bits per heavy atom. The predicted octanol–water partition coefficient (Wildman–Crippen LogP) is 0.907. The van der Waals surface area contributed by atoms with Crippen molar-refractivity contribution >= 4 is 0 Å². The third-order valence-corrected chi connectivity index (χ3v) is 2.25. The van der Waals surface area contributed by atoms with E-state index in [0.717, 1.165) is 18.8 Å². The second-order valence-corrected chi connectivity index (χ2v) is 4.06. The quantitative estimate of drug-likeness (QED) is 0.683. The molecule has 0 bridgehead atoms. The second-order valence-electron chi connectivity index (χ2n) is 4.06. The molecule has 0 aliphatic heterocycles. The average molecular weight is 193 g/mol. The maximum Gasteiger partial charge on any atom is 0.0472 e. The van der Waals surface area contributed by atoms with Gasteiger partial charge in [0.2, 0.25) is 0 Å². The zero-order valence-corrected chi connectivity index (χ0v) is 8.96. The SMILES string of the molecule is CC(C)(CNCCN)c1ccccn1. The van der Waals surface area contributed by atoms with Gasteiger partial charge in [-0.1, -0.05) is 19.9 Å². The van der Waals surface area contributed by atoms with Gasteiger partial charge in [0.15, 0.2) is 0 Å². The fourth-order valence-electron chi connectivity index (χ4n) is 1.36. The van der Waals surface area contributed by atoms with Crippen molar-refractivity contribution in [2.75, 3.05) is 19.6 Å². The molecule has 3 N–H and O–H groups in total. The van der Waals surface area contributed by atoms with Crippen LogP contribution in [0, 0.1) is 0 Å². The highest BCUT2D eigenvalue weighted by atomic mass is 14.9. The molecule has 3 heteroatoms. The molecule has 0 aliphatic rings. The number of nitrogens with two attached hydrogens (primary N) is 1. The summed E-state index contributed by atoms with van der Waals surface area (Å²) < 4.78 is 0. The Kier molecular flexibility index (Phi) is 4.04. The van der Waals surface area contributed by atoms with Crippen molar-refractivity contribution in [1.29, 1.82) is 0 Å². The van der Waals surface area contributed by atoms with Crippen molar-refractivity contribution in [3.63, 3.8) is 0 Å². The van der Waals surface area contributed by atoms with E-state index in [1.54, 1.807) is 0 Å². The van der Waals surface area contributed by atoms with Gasteiger partial charge in [-0.05, 0) is 12.1 Å². The number of hydrogen-bond donors (Lipinski definition) is 2. The van der Waals surface area contributed by atoms with Gasteiger partial charge in [0.25, 0.3) is 0 Å². The van der Waals surface area contributed by atoms with Crippen molar-refractivity contribution < 1.29 is 0 Å². The molecule has 1 rings (SSSR count). The highest BCUT2D eigenvalue weighted by Crippen LogP contribution is 2.18. The van der Waals surface area contributed by atoms with Crippen molar-refractivity contribution in [2.45, 2.75) is 19.3 Å². The Morgan fingerprint density at radius 3 is 2.79 bits per heavy atom. The first-order chi connectivity index (χ1) is 6.67. The Morgan fingerprint density at radius 2 is 2.21 bits per heavy atom. The highest BCUT2D eigenvalue weighted by molar-refractivity contribution is 5.14. The van der Waals surface area contributed by atoms with E-state index in [1.165, 1.54) is 0 Å². The maximum atomic E-state index is 5.42. The summed E-state index contributed by atoms with van der Waals surface area (Å²) in [5, 5.41) is 3.31. The zero-order chi connectivity index (χ0) is 10.4. The van der Waals surface area contributed by atoms with E-state index in [4.69, 9.17) is 5.73 Å². The van der Waals surface area contributed by atoms with Crippen LogP contribution < -0.4 is 11.1 Å². The molecular weight excluding hydrogens is 174 g/mol. The first-order valence-corrected chi connectivity index (χ1v) is 4.99. The number of pyridine rings is 1. The van der Waals surface area contributed by atoms with Crippen LogP contribution in [-0.2, 0) is 5.41 Å². The smallest absolute Gasteiger partial charge is 0.0472 e. The van der Waals surface area contributed by atoms with Gasteiger partial charge in [-0.15, -0.1) is 0 Å². The van der Waals surface area contributed by atoms with E-state index >= 15 is 0 Å². The standard InChI is InChI=1S/C11H19N3/c1-11(2,9-13-8-6-12)10-5-3-4-7-14-10/h3-5,7,13H,6,8-9,12H2,1-2H3. The van der Waals surface area contributed by atoms with Crippen molar-refractivity contribution in [3.8, 4) is 0 Å². The van der Waals surface area contributed by atoms with Crippen LogP contribution >= 0.6 is 0 Å². The Bertz CT molecular complexity index is 256. The molecule has 0 fully saturated rings. The van der Waals surface area contributed by atoms with Crippen LogP contribution in [-0.4, -0.2) is 24.6 Å². The molecular formula is C11H19N3. The van der Waals surface area contributed by atoms with Gasteiger partial charge < -0.3 is 11.1 Å². The molecule has 1 aromatic heterocycles. The molecule has 14 heavy (non-hydrogen) atoms. The summed E-state index contributed by atoms with van der Waals surface area (Å²) in [5.74, 6) is 0. The van der Waals surface area contributed by atoms with Gasteiger partial charge in [-0.2, -0.15) is 0 Å². The lowest BCUT2D eigenvalue weighted by molar-refractivity contribution is 0.461. The summed E-state index contributed by atoms with van der Waals surface area (Å²) >= 11 is 0. The third kappa shape index (κ3) is 3.09. The molecule has 0 saturated carbocycles. The van der Waals surface area contributed by atoms with Gasteiger partial charge in [0.05, 0.1) is 0 Å². The van der Waals surface area contributed by atoms with Gasteiger partial charge in [-0.3, -0.25) is 4.98 Å². The average Bonchev–Trinajstić information content (AvgIpc) is 2.19. The van der Waals surface area contributed by atoms with E-state index in [2.05, 4.69) is 30.2 Å². The molecule has 0 saturated heterocycles. The molecule has 3 nitrogen and oxygen atoms in total. The molecule has 0 radical (unpaired) electrons. The van der Waals surface area contributed by atoms with E-state index < -0.39 is 0 Å². The molecule has 0 amide bonds. The minimum Gasteiger partial charge on any atom is -0.329 e. The van der Waals surface area contributed by atoms with E-state index in [0.29, 0.717) is 6.54 Å². The fraction of sp³-hybridized carbons (Fsp3) is 0.545. The van der Waals surface area contributed by atoms with Crippen molar-refractivity contribution in [2.24, 2.45) is 5.73 Å². The van der Waals surface area contributed by atoms with Crippen LogP contribution in [0.3, 0.4) is 0 Å². The van der Waals surface area contributed by atoms with E-state index in [1.807, 2.05) is 18.3 Å². The normalized spacial score (nSPS) is 11.6. The van der Waals surface area contributed by atoms with Crippen LogP contribution in [0.25, 0.3) is 0 Å². The molecule has 1 aromatic rings. The molecule has 0 aliphatic carbocycles. The summed E-state index contributed by atoms with van der Waals surface area (Å²) in [4.78, 5) is 4.36. The lowest BCUT2D eigenvalue weighted by atomic mass is 9.89.